The van der Waals surface area contributed by atoms with Crippen LogP contribution in [0.2, 0.25) is 0 Å². The fourth-order valence-electron chi connectivity index (χ4n) is 2.12. The Morgan fingerprint density at radius 2 is 2.24 bits per heavy atom. The van der Waals surface area contributed by atoms with E-state index in [9.17, 15) is 4.79 Å². The van der Waals surface area contributed by atoms with Crippen molar-refractivity contribution in [2.24, 2.45) is 5.92 Å². The van der Waals surface area contributed by atoms with E-state index in [0.29, 0.717) is 0 Å². The molecule has 0 N–H and O–H groups in total. The Hall–Kier alpha value is -1.31. The number of hydrogen-bond donors (Lipinski definition) is 0. The number of carbonyl (C=O) groups excluding carboxylic acids is 1. The lowest BCUT2D eigenvalue weighted by Crippen LogP contribution is -2.24. The summed E-state index contributed by atoms with van der Waals surface area (Å²) in [7, 11) is 0. The Balaban J connectivity index is 2.92. The van der Waals surface area contributed by atoms with Crippen LogP contribution < -0.4 is 0 Å². The molecule has 2 atom stereocenters. The first kappa shape index (κ1) is 13.8. The molecule has 0 saturated heterocycles. The minimum atomic E-state index is -0.0232. The second-order valence-electron chi connectivity index (χ2n) is 5.38. The second-order valence-corrected chi connectivity index (χ2v) is 5.38. The summed E-state index contributed by atoms with van der Waals surface area (Å²) < 4.78 is 5.17. The summed E-state index contributed by atoms with van der Waals surface area (Å²) >= 11 is 0. The summed E-state index contributed by atoms with van der Waals surface area (Å²) in [6, 6.07) is 2.00. The van der Waals surface area contributed by atoms with Crippen molar-refractivity contribution in [3.8, 4) is 0 Å². The van der Waals surface area contributed by atoms with Gasteiger partial charge in [0.25, 0.3) is 0 Å². The molecule has 1 rings (SSSR count). The normalized spacial score (nSPS) is 16.0. The molecular weight excluding hydrogens is 212 g/mol. The standard InChI is InChI=1S/C15H22O2/c1-12(2)5-7-15(4,9-13(3)10-16)14-6-8-17-11-14/h5-6,8,10-11,13H,7,9H2,1-4H3. The third-order valence-corrected chi connectivity index (χ3v) is 3.18. The van der Waals surface area contributed by atoms with Crippen molar-refractivity contribution < 1.29 is 9.21 Å². The van der Waals surface area contributed by atoms with E-state index >= 15 is 0 Å². The Morgan fingerprint density at radius 3 is 2.71 bits per heavy atom. The lowest BCUT2D eigenvalue weighted by Gasteiger charge is -2.29. The van der Waals surface area contributed by atoms with Crippen LogP contribution in [-0.2, 0) is 10.2 Å². The van der Waals surface area contributed by atoms with Crippen molar-refractivity contribution in [3.63, 3.8) is 0 Å². The van der Waals surface area contributed by atoms with E-state index in [-0.39, 0.29) is 11.3 Å². The number of furan rings is 1. The van der Waals surface area contributed by atoms with Crippen LogP contribution in [-0.4, -0.2) is 6.29 Å². The second kappa shape index (κ2) is 5.85. The molecule has 1 aromatic heterocycles. The zero-order valence-corrected chi connectivity index (χ0v) is 11.2. The molecule has 2 nitrogen and oxygen atoms in total. The molecule has 0 bridgehead atoms. The van der Waals surface area contributed by atoms with Gasteiger partial charge in [0.1, 0.15) is 6.29 Å². The SMILES string of the molecule is CC(C)=CCC(C)(CC(C)C=O)c1ccoc1. The summed E-state index contributed by atoms with van der Waals surface area (Å²) in [5, 5.41) is 0. The summed E-state index contributed by atoms with van der Waals surface area (Å²) in [5.41, 5.74) is 2.45. The Labute approximate surface area is 104 Å². The average molecular weight is 234 g/mol. The summed E-state index contributed by atoms with van der Waals surface area (Å²) in [5.74, 6) is 0.0699. The first-order valence-electron chi connectivity index (χ1n) is 6.09. The maximum absolute atomic E-state index is 10.9. The fraction of sp³-hybridized carbons (Fsp3) is 0.533. The zero-order valence-electron chi connectivity index (χ0n) is 11.2. The third kappa shape index (κ3) is 3.88. The average Bonchev–Trinajstić information content (AvgIpc) is 2.80. The molecule has 94 valence electrons. The van der Waals surface area contributed by atoms with Crippen molar-refractivity contribution >= 4 is 6.29 Å². The van der Waals surface area contributed by atoms with Gasteiger partial charge in [-0.1, -0.05) is 25.5 Å². The van der Waals surface area contributed by atoms with Crippen LogP contribution in [0.15, 0.2) is 34.7 Å². The van der Waals surface area contributed by atoms with Crippen LogP contribution in [0.4, 0.5) is 0 Å². The molecule has 0 aliphatic heterocycles. The predicted molar refractivity (Wildman–Crippen MR) is 70.0 cm³/mol. The highest BCUT2D eigenvalue weighted by Crippen LogP contribution is 2.35. The van der Waals surface area contributed by atoms with E-state index in [2.05, 4.69) is 26.8 Å². The van der Waals surface area contributed by atoms with Gasteiger partial charge in [-0.15, -0.1) is 0 Å². The van der Waals surface area contributed by atoms with E-state index in [4.69, 9.17) is 4.42 Å². The highest BCUT2D eigenvalue weighted by molar-refractivity contribution is 5.53. The monoisotopic (exact) mass is 234 g/mol. The molecule has 0 saturated carbocycles. The summed E-state index contributed by atoms with van der Waals surface area (Å²) in [4.78, 5) is 10.9. The van der Waals surface area contributed by atoms with Gasteiger partial charge in [0.2, 0.25) is 0 Å². The Morgan fingerprint density at radius 1 is 1.53 bits per heavy atom. The number of rotatable bonds is 6. The molecule has 2 unspecified atom stereocenters. The van der Waals surface area contributed by atoms with Crippen LogP contribution in [0.1, 0.15) is 46.1 Å². The van der Waals surface area contributed by atoms with Gasteiger partial charge in [0.05, 0.1) is 12.5 Å². The van der Waals surface area contributed by atoms with E-state index in [1.807, 2.05) is 13.0 Å². The van der Waals surface area contributed by atoms with Crippen molar-refractivity contribution in [3.05, 3.63) is 35.8 Å². The minimum Gasteiger partial charge on any atom is -0.472 e. The van der Waals surface area contributed by atoms with Gasteiger partial charge >= 0.3 is 0 Å². The minimum absolute atomic E-state index is 0.0232. The molecule has 1 heterocycles. The van der Waals surface area contributed by atoms with Gasteiger partial charge in [0, 0.05) is 5.92 Å². The molecule has 0 aromatic carbocycles. The summed E-state index contributed by atoms with van der Waals surface area (Å²) in [6.07, 6.45) is 8.52. The fourth-order valence-corrected chi connectivity index (χ4v) is 2.12. The molecule has 0 aliphatic rings. The topological polar surface area (TPSA) is 30.2 Å². The van der Waals surface area contributed by atoms with Crippen molar-refractivity contribution in [1.82, 2.24) is 0 Å². The Kier molecular flexibility index (Phi) is 4.73. The van der Waals surface area contributed by atoms with Gasteiger partial charge in [-0.25, -0.2) is 0 Å². The van der Waals surface area contributed by atoms with Gasteiger partial charge < -0.3 is 9.21 Å². The number of hydrogen-bond acceptors (Lipinski definition) is 2. The van der Waals surface area contributed by atoms with Crippen LogP contribution in [0.25, 0.3) is 0 Å². The van der Waals surface area contributed by atoms with Gasteiger partial charge in [0.15, 0.2) is 0 Å². The maximum Gasteiger partial charge on any atom is 0.122 e. The number of aldehydes is 1. The molecule has 0 spiro atoms. The van der Waals surface area contributed by atoms with E-state index in [1.165, 1.54) is 11.1 Å². The highest BCUT2D eigenvalue weighted by atomic mass is 16.3. The van der Waals surface area contributed by atoms with Crippen molar-refractivity contribution in [1.29, 1.82) is 0 Å². The molecule has 0 fully saturated rings. The van der Waals surface area contributed by atoms with Gasteiger partial charge in [-0.3, -0.25) is 0 Å². The quantitative estimate of drug-likeness (QED) is 0.547. The first-order chi connectivity index (χ1) is 7.98. The highest BCUT2D eigenvalue weighted by Gasteiger charge is 2.28. The third-order valence-electron chi connectivity index (χ3n) is 3.18. The van der Waals surface area contributed by atoms with Gasteiger partial charge in [-0.2, -0.15) is 0 Å². The lowest BCUT2D eigenvalue weighted by molar-refractivity contribution is -0.111. The molecule has 1 aromatic rings. The lowest BCUT2D eigenvalue weighted by atomic mass is 9.74. The molecule has 0 amide bonds. The van der Waals surface area contributed by atoms with Crippen LogP contribution in [0, 0.1) is 5.92 Å². The van der Waals surface area contributed by atoms with Crippen molar-refractivity contribution in [2.75, 3.05) is 0 Å². The zero-order chi connectivity index (χ0) is 12.9. The molecule has 0 radical (unpaired) electrons. The van der Waals surface area contributed by atoms with E-state index in [1.54, 1.807) is 12.5 Å². The summed E-state index contributed by atoms with van der Waals surface area (Å²) in [6.45, 7) is 8.35. The smallest absolute Gasteiger partial charge is 0.122 e. The first-order valence-corrected chi connectivity index (χ1v) is 6.09. The predicted octanol–water partition coefficient (Wildman–Crippen LogP) is 4.12. The number of allylic oxidation sites excluding steroid dienone is 2. The van der Waals surface area contributed by atoms with E-state index < -0.39 is 0 Å². The number of carbonyl (C=O) groups is 1. The Bertz CT molecular complexity index is 372. The van der Waals surface area contributed by atoms with Crippen LogP contribution >= 0.6 is 0 Å². The molecular formula is C15H22O2. The molecule has 2 heteroatoms. The van der Waals surface area contributed by atoms with Gasteiger partial charge in [-0.05, 0) is 43.7 Å². The van der Waals surface area contributed by atoms with Crippen LogP contribution in [0.3, 0.4) is 0 Å². The van der Waals surface area contributed by atoms with Crippen molar-refractivity contribution in [2.45, 2.75) is 46.0 Å². The van der Waals surface area contributed by atoms with E-state index in [0.717, 1.165) is 19.1 Å². The largest absolute Gasteiger partial charge is 0.472 e. The maximum atomic E-state index is 10.9. The molecule has 0 aliphatic carbocycles. The molecule has 17 heavy (non-hydrogen) atoms. The van der Waals surface area contributed by atoms with Crippen LogP contribution in [0.5, 0.6) is 0 Å².